The van der Waals surface area contributed by atoms with Crippen LogP contribution in [0.2, 0.25) is 0 Å². The van der Waals surface area contributed by atoms with Gasteiger partial charge >= 0.3 is 0 Å². The van der Waals surface area contributed by atoms with Crippen molar-refractivity contribution >= 4 is 15.9 Å². The van der Waals surface area contributed by atoms with Gasteiger partial charge in [-0.05, 0) is 54.3 Å². The lowest BCUT2D eigenvalue weighted by atomic mass is 9.97. The Balaban J connectivity index is 2.44. The van der Waals surface area contributed by atoms with Crippen LogP contribution in [0.4, 0.5) is 4.39 Å². The first kappa shape index (κ1) is 13.2. The molecular weight excluding hydrogens is 295 g/mol. The van der Waals surface area contributed by atoms with E-state index in [9.17, 15) is 9.50 Å². The molecule has 0 saturated carbocycles. The molecule has 0 aliphatic carbocycles. The second-order valence-corrected chi connectivity index (χ2v) is 5.27. The summed E-state index contributed by atoms with van der Waals surface area (Å²) < 4.78 is 14.2. The molecule has 0 spiro atoms. The van der Waals surface area contributed by atoms with Crippen molar-refractivity contribution < 1.29 is 9.50 Å². The summed E-state index contributed by atoms with van der Waals surface area (Å²) in [5, 5.41) is 10.3. The average Bonchev–Trinajstić information content (AvgIpc) is 2.35. The zero-order valence-corrected chi connectivity index (χ0v) is 11.8. The van der Waals surface area contributed by atoms with Crippen LogP contribution in [0.25, 0.3) is 0 Å². The summed E-state index contributed by atoms with van der Waals surface area (Å²) in [6, 6.07) is 10.1. The van der Waals surface area contributed by atoms with Crippen molar-refractivity contribution in [3.63, 3.8) is 0 Å². The van der Waals surface area contributed by atoms with Crippen LogP contribution in [-0.2, 0) is 0 Å². The third kappa shape index (κ3) is 2.62. The Morgan fingerprint density at radius 1 is 1.06 bits per heavy atom. The molecule has 0 aromatic heterocycles. The van der Waals surface area contributed by atoms with Gasteiger partial charge in [0, 0.05) is 4.47 Å². The van der Waals surface area contributed by atoms with E-state index in [1.54, 1.807) is 6.07 Å². The van der Waals surface area contributed by atoms with Crippen LogP contribution < -0.4 is 0 Å². The van der Waals surface area contributed by atoms with Crippen molar-refractivity contribution in [2.75, 3.05) is 0 Å². The largest absolute Gasteiger partial charge is 0.384 e. The Kier molecular flexibility index (Phi) is 3.83. The van der Waals surface area contributed by atoms with Crippen molar-refractivity contribution in [3.8, 4) is 0 Å². The Labute approximate surface area is 114 Å². The standard InChI is InChI=1S/C15H14BrFO/c1-9-4-6-12(17)8-13(9)15(18)11-5-3-10(2)14(16)7-11/h3-8,15,18H,1-2H3. The maximum atomic E-state index is 13.2. The summed E-state index contributed by atoms with van der Waals surface area (Å²) in [6.45, 7) is 3.84. The van der Waals surface area contributed by atoms with Crippen LogP contribution in [-0.4, -0.2) is 5.11 Å². The molecule has 0 fully saturated rings. The highest BCUT2D eigenvalue weighted by molar-refractivity contribution is 9.10. The predicted octanol–water partition coefficient (Wildman–Crippen LogP) is 4.29. The summed E-state index contributed by atoms with van der Waals surface area (Å²) >= 11 is 3.43. The molecule has 0 amide bonds. The summed E-state index contributed by atoms with van der Waals surface area (Å²) in [5.74, 6) is -0.333. The van der Waals surface area contributed by atoms with Crippen LogP contribution in [0.3, 0.4) is 0 Å². The molecule has 0 radical (unpaired) electrons. The van der Waals surface area contributed by atoms with Gasteiger partial charge in [0.05, 0.1) is 0 Å². The van der Waals surface area contributed by atoms with Crippen LogP contribution >= 0.6 is 15.9 Å². The Morgan fingerprint density at radius 3 is 2.39 bits per heavy atom. The highest BCUT2D eigenvalue weighted by atomic mass is 79.9. The monoisotopic (exact) mass is 308 g/mol. The molecule has 1 N–H and O–H groups in total. The fourth-order valence-electron chi connectivity index (χ4n) is 1.86. The fraction of sp³-hybridized carbons (Fsp3) is 0.200. The van der Waals surface area contributed by atoms with E-state index >= 15 is 0 Å². The van der Waals surface area contributed by atoms with Crippen LogP contribution in [0.5, 0.6) is 0 Å². The third-order valence-corrected chi connectivity index (χ3v) is 3.90. The smallest absolute Gasteiger partial charge is 0.123 e. The number of rotatable bonds is 2. The first-order chi connectivity index (χ1) is 8.49. The lowest BCUT2D eigenvalue weighted by Gasteiger charge is -2.15. The zero-order chi connectivity index (χ0) is 13.3. The predicted molar refractivity (Wildman–Crippen MR) is 74.1 cm³/mol. The van der Waals surface area contributed by atoms with Crippen LogP contribution in [0.1, 0.15) is 28.4 Å². The van der Waals surface area contributed by atoms with Gasteiger partial charge in [-0.15, -0.1) is 0 Å². The molecule has 1 nitrogen and oxygen atoms in total. The summed E-state index contributed by atoms with van der Waals surface area (Å²) in [7, 11) is 0. The molecule has 0 aliphatic rings. The molecule has 0 saturated heterocycles. The van der Waals surface area contributed by atoms with Crippen molar-refractivity contribution in [2.24, 2.45) is 0 Å². The summed E-state index contributed by atoms with van der Waals surface area (Å²) in [4.78, 5) is 0. The van der Waals surface area contributed by atoms with E-state index in [0.29, 0.717) is 5.56 Å². The quantitative estimate of drug-likeness (QED) is 0.877. The number of hydrogen-bond acceptors (Lipinski definition) is 1. The number of benzene rings is 2. The van der Waals surface area contributed by atoms with Gasteiger partial charge in [-0.1, -0.05) is 34.1 Å². The SMILES string of the molecule is Cc1ccc(C(O)c2cc(F)ccc2C)cc1Br. The maximum Gasteiger partial charge on any atom is 0.123 e. The minimum Gasteiger partial charge on any atom is -0.384 e. The Morgan fingerprint density at radius 2 is 1.72 bits per heavy atom. The molecular formula is C15H14BrFO. The first-order valence-electron chi connectivity index (χ1n) is 5.69. The normalized spacial score (nSPS) is 12.5. The Hall–Kier alpha value is -1.19. The van der Waals surface area contributed by atoms with E-state index in [1.165, 1.54) is 12.1 Å². The number of aliphatic hydroxyl groups is 1. The molecule has 0 aliphatic heterocycles. The van der Waals surface area contributed by atoms with Crippen LogP contribution in [0.15, 0.2) is 40.9 Å². The van der Waals surface area contributed by atoms with Crippen molar-refractivity contribution in [1.29, 1.82) is 0 Å². The summed E-state index contributed by atoms with van der Waals surface area (Å²) in [6.07, 6.45) is -0.808. The molecule has 18 heavy (non-hydrogen) atoms. The van der Waals surface area contributed by atoms with Gasteiger partial charge in [-0.25, -0.2) is 4.39 Å². The number of aliphatic hydroxyl groups excluding tert-OH is 1. The van der Waals surface area contributed by atoms with Gasteiger partial charge in [0.2, 0.25) is 0 Å². The maximum absolute atomic E-state index is 13.2. The van der Waals surface area contributed by atoms with Gasteiger partial charge in [0.15, 0.2) is 0 Å². The van der Waals surface area contributed by atoms with E-state index in [-0.39, 0.29) is 5.82 Å². The van der Waals surface area contributed by atoms with E-state index in [1.807, 2.05) is 32.0 Å². The molecule has 3 heteroatoms. The van der Waals surface area contributed by atoms with Crippen molar-refractivity contribution in [1.82, 2.24) is 0 Å². The van der Waals surface area contributed by atoms with Crippen molar-refractivity contribution in [2.45, 2.75) is 20.0 Å². The molecule has 1 atom stereocenters. The van der Waals surface area contributed by atoms with E-state index < -0.39 is 6.10 Å². The molecule has 2 aromatic carbocycles. The van der Waals surface area contributed by atoms with Gasteiger partial charge in [0.1, 0.15) is 11.9 Å². The van der Waals surface area contributed by atoms with Gasteiger partial charge in [-0.3, -0.25) is 0 Å². The van der Waals surface area contributed by atoms with E-state index in [4.69, 9.17) is 0 Å². The second-order valence-electron chi connectivity index (χ2n) is 4.41. The number of aryl methyl sites for hydroxylation is 2. The Bertz CT molecular complexity index is 581. The minimum atomic E-state index is -0.808. The summed E-state index contributed by atoms with van der Waals surface area (Å²) in [5.41, 5.74) is 3.33. The highest BCUT2D eigenvalue weighted by Crippen LogP contribution is 2.28. The van der Waals surface area contributed by atoms with Crippen molar-refractivity contribution in [3.05, 3.63) is 68.9 Å². The lowest BCUT2D eigenvalue weighted by molar-refractivity contribution is 0.219. The first-order valence-corrected chi connectivity index (χ1v) is 6.48. The van der Waals surface area contributed by atoms with Gasteiger partial charge < -0.3 is 5.11 Å². The van der Waals surface area contributed by atoms with Gasteiger partial charge in [-0.2, -0.15) is 0 Å². The molecule has 1 unspecified atom stereocenters. The number of hydrogen-bond donors (Lipinski definition) is 1. The number of halogens is 2. The third-order valence-electron chi connectivity index (χ3n) is 3.05. The fourth-order valence-corrected chi connectivity index (χ4v) is 2.26. The lowest BCUT2D eigenvalue weighted by Crippen LogP contribution is -2.03. The molecule has 0 bridgehead atoms. The second kappa shape index (κ2) is 5.21. The molecule has 0 heterocycles. The minimum absolute atomic E-state index is 0.333. The van der Waals surface area contributed by atoms with Crippen LogP contribution in [0, 0.1) is 19.7 Å². The molecule has 2 aromatic rings. The van der Waals surface area contributed by atoms with Gasteiger partial charge in [0.25, 0.3) is 0 Å². The molecule has 94 valence electrons. The topological polar surface area (TPSA) is 20.2 Å². The van der Waals surface area contributed by atoms with E-state index in [0.717, 1.165) is 21.2 Å². The van der Waals surface area contributed by atoms with E-state index in [2.05, 4.69) is 15.9 Å². The highest BCUT2D eigenvalue weighted by Gasteiger charge is 2.14. The molecule has 2 rings (SSSR count). The average molecular weight is 309 g/mol. The zero-order valence-electron chi connectivity index (χ0n) is 10.2.